The van der Waals surface area contributed by atoms with Gasteiger partial charge in [0.25, 0.3) is 11.1 Å². The zero-order chi connectivity index (χ0) is 22.0. The van der Waals surface area contributed by atoms with Gasteiger partial charge in [0.1, 0.15) is 24.8 Å². The first kappa shape index (κ1) is 19.7. The van der Waals surface area contributed by atoms with Crippen LogP contribution >= 0.6 is 0 Å². The average molecular weight is 417 g/mol. The van der Waals surface area contributed by atoms with Crippen molar-refractivity contribution in [2.75, 3.05) is 6.61 Å². The third-order valence-electron chi connectivity index (χ3n) is 4.57. The van der Waals surface area contributed by atoms with Crippen molar-refractivity contribution >= 4 is 33.3 Å². The lowest BCUT2D eigenvalue weighted by atomic mass is 10.2. The summed E-state index contributed by atoms with van der Waals surface area (Å²) >= 11 is 0. The monoisotopic (exact) mass is 417 g/mol. The lowest BCUT2D eigenvalue weighted by Gasteiger charge is -2.08. The zero-order valence-corrected chi connectivity index (χ0v) is 16.0. The largest absolute Gasteiger partial charge is 0.507 e. The fourth-order valence-corrected chi connectivity index (χ4v) is 3.08. The van der Waals surface area contributed by atoms with E-state index < -0.39 is 36.0 Å². The summed E-state index contributed by atoms with van der Waals surface area (Å²) in [6.07, 6.45) is 0. The van der Waals surface area contributed by atoms with Crippen LogP contribution in [0.2, 0.25) is 0 Å². The Bertz CT molecular complexity index is 1470. The van der Waals surface area contributed by atoms with Crippen molar-refractivity contribution in [2.45, 2.75) is 6.54 Å². The Morgan fingerprint density at radius 2 is 1.84 bits per heavy atom. The quantitative estimate of drug-likeness (QED) is 0.253. The van der Waals surface area contributed by atoms with Gasteiger partial charge in [0.2, 0.25) is 0 Å². The Kier molecular flexibility index (Phi) is 5.07. The normalized spacial score (nSPS) is 11.8. The molecule has 2 heterocycles. The van der Waals surface area contributed by atoms with Crippen LogP contribution in [-0.2, 0) is 16.1 Å². The van der Waals surface area contributed by atoms with E-state index in [4.69, 9.17) is 4.74 Å². The van der Waals surface area contributed by atoms with Crippen molar-refractivity contribution in [1.29, 1.82) is 5.26 Å². The molecule has 3 N–H and O–H groups in total. The first-order valence-electron chi connectivity index (χ1n) is 9.12. The summed E-state index contributed by atoms with van der Waals surface area (Å²) < 4.78 is 5.80. The lowest BCUT2D eigenvalue weighted by Crippen LogP contribution is -2.33. The molecule has 0 atom stereocenters. The molecule has 0 aliphatic carbocycles. The third-order valence-corrected chi connectivity index (χ3v) is 4.57. The van der Waals surface area contributed by atoms with E-state index in [-0.39, 0.29) is 22.2 Å². The van der Waals surface area contributed by atoms with Gasteiger partial charge in [-0.05, 0) is 24.3 Å². The fourth-order valence-electron chi connectivity index (χ4n) is 3.08. The highest BCUT2D eigenvalue weighted by atomic mass is 16.5. The van der Waals surface area contributed by atoms with Gasteiger partial charge in [0, 0.05) is 0 Å². The number of hydrogen-bond donors (Lipinski definition) is 3. The molecular formula is C21H15N5O5. The highest BCUT2D eigenvalue weighted by Gasteiger charge is 2.16. The molecule has 31 heavy (non-hydrogen) atoms. The summed E-state index contributed by atoms with van der Waals surface area (Å²) in [4.78, 5) is 43.8. The number of rotatable bonds is 5. The maximum atomic E-state index is 12.4. The molecule has 0 bridgehead atoms. The van der Waals surface area contributed by atoms with Crippen molar-refractivity contribution < 1.29 is 14.6 Å². The molecule has 0 radical (unpaired) electrons. The highest BCUT2D eigenvalue weighted by Crippen LogP contribution is 2.18. The molecule has 0 unspecified atom stereocenters. The summed E-state index contributed by atoms with van der Waals surface area (Å²) in [6.45, 7) is -1.18. The molecule has 4 aromatic rings. The van der Waals surface area contributed by atoms with E-state index in [2.05, 4.69) is 15.1 Å². The minimum Gasteiger partial charge on any atom is -0.507 e. The molecule has 0 fully saturated rings. The number of carbonyl (C=O) groups excluding carboxylic acids is 1. The molecule has 0 spiro atoms. The van der Waals surface area contributed by atoms with Gasteiger partial charge in [-0.3, -0.25) is 19.5 Å². The van der Waals surface area contributed by atoms with Crippen molar-refractivity contribution in [3.05, 3.63) is 80.8 Å². The van der Waals surface area contributed by atoms with Crippen LogP contribution in [0.15, 0.2) is 63.9 Å². The summed E-state index contributed by atoms with van der Waals surface area (Å²) in [7, 11) is 0. The van der Waals surface area contributed by atoms with Crippen molar-refractivity contribution in [2.24, 2.45) is 0 Å². The number of esters is 1. The van der Waals surface area contributed by atoms with Crippen LogP contribution in [0.25, 0.3) is 27.4 Å². The number of ether oxygens (including phenoxy) is 1. The summed E-state index contributed by atoms with van der Waals surface area (Å²) in [5.41, 5.74) is 0.0129. The Hall–Kier alpha value is -4.65. The number of allylic oxidation sites excluding steroid dienone is 1. The summed E-state index contributed by atoms with van der Waals surface area (Å²) in [5.74, 6) is -1.26. The maximum Gasteiger partial charge on any atom is 0.328 e. The number of nitrogens with one attached hydrogen (secondary N) is 2. The minimum atomic E-state index is -0.888. The molecule has 4 rings (SSSR count). The number of imidazole rings is 1. The molecule has 0 aliphatic rings. The Labute approximate surface area is 173 Å². The van der Waals surface area contributed by atoms with Crippen LogP contribution in [0, 0.1) is 11.3 Å². The molecule has 0 saturated heterocycles. The van der Waals surface area contributed by atoms with E-state index in [1.54, 1.807) is 36.4 Å². The van der Waals surface area contributed by atoms with Crippen LogP contribution in [0.3, 0.4) is 0 Å². The van der Waals surface area contributed by atoms with Gasteiger partial charge in [0.15, 0.2) is 11.6 Å². The first-order chi connectivity index (χ1) is 15.0. The van der Waals surface area contributed by atoms with Crippen molar-refractivity contribution in [3.8, 4) is 6.07 Å². The van der Waals surface area contributed by atoms with E-state index in [1.165, 1.54) is 12.1 Å². The van der Waals surface area contributed by atoms with Crippen LogP contribution in [0.5, 0.6) is 0 Å². The van der Waals surface area contributed by atoms with Crippen LogP contribution in [-0.4, -0.2) is 37.4 Å². The van der Waals surface area contributed by atoms with Crippen LogP contribution < -0.4 is 11.1 Å². The van der Waals surface area contributed by atoms with E-state index in [0.717, 1.165) is 4.68 Å². The third kappa shape index (κ3) is 3.79. The number of hydrogen-bond acceptors (Lipinski definition) is 7. The van der Waals surface area contributed by atoms with E-state index in [9.17, 15) is 24.8 Å². The fraction of sp³-hybridized carbons (Fsp3) is 0.0952. The second kappa shape index (κ2) is 8.00. The van der Waals surface area contributed by atoms with Gasteiger partial charge in [-0.1, -0.05) is 24.3 Å². The number of carbonyl (C=O) groups is 1. The topological polar surface area (TPSA) is 154 Å². The second-order valence-electron chi connectivity index (χ2n) is 6.57. The first-order valence-corrected chi connectivity index (χ1v) is 9.12. The van der Waals surface area contributed by atoms with Gasteiger partial charge in [-0.2, -0.15) is 5.26 Å². The SMILES string of the molecule is N#C/C(=C(/O)COC(=O)Cn1[nH]c(=O)c2ccccc2c1=O)c1nc2ccccc2[nH]1. The number of nitriles is 1. The number of nitrogens with zero attached hydrogens (tertiary/aromatic N) is 3. The number of aromatic amines is 2. The van der Waals surface area contributed by atoms with Gasteiger partial charge < -0.3 is 14.8 Å². The Morgan fingerprint density at radius 1 is 1.13 bits per heavy atom. The number of benzene rings is 2. The molecule has 10 heteroatoms. The van der Waals surface area contributed by atoms with Crippen molar-refractivity contribution in [1.82, 2.24) is 19.7 Å². The smallest absolute Gasteiger partial charge is 0.328 e. The molecule has 2 aromatic carbocycles. The van der Waals surface area contributed by atoms with Gasteiger partial charge in [-0.25, -0.2) is 9.67 Å². The molecule has 154 valence electrons. The van der Waals surface area contributed by atoms with Crippen LogP contribution in [0.4, 0.5) is 0 Å². The average Bonchev–Trinajstić information content (AvgIpc) is 3.20. The number of para-hydroxylation sites is 2. The standard InChI is InChI=1S/C21H15N5O5/c22-9-14(19-23-15-7-3-4-8-16(15)24-19)17(27)11-31-18(28)10-26-21(30)13-6-2-1-5-12(13)20(29)25-26/h1-8,27H,10-11H2,(H,23,24)(H,25,29)/b17-14-. The lowest BCUT2D eigenvalue weighted by molar-refractivity contribution is -0.144. The van der Waals surface area contributed by atoms with Gasteiger partial charge in [0.05, 0.1) is 21.8 Å². The number of aliphatic hydroxyl groups is 1. The maximum absolute atomic E-state index is 12.4. The molecule has 0 aliphatic heterocycles. The highest BCUT2D eigenvalue weighted by molar-refractivity contribution is 5.83. The number of fused-ring (bicyclic) bond motifs is 2. The molecule has 10 nitrogen and oxygen atoms in total. The Balaban J connectivity index is 1.52. The predicted octanol–water partition coefficient (Wildman–Crippen LogP) is 1.60. The second-order valence-corrected chi connectivity index (χ2v) is 6.57. The van der Waals surface area contributed by atoms with Crippen molar-refractivity contribution in [3.63, 3.8) is 0 Å². The van der Waals surface area contributed by atoms with Crippen LogP contribution in [0.1, 0.15) is 5.82 Å². The number of aromatic nitrogens is 4. The summed E-state index contributed by atoms with van der Waals surface area (Å²) in [5, 5.41) is 22.3. The predicted molar refractivity (Wildman–Crippen MR) is 111 cm³/mol. The van der Waals surface area contributed by atoms with Gasteiger partial charge in [-0.15, -0.1) is 0 Å². The molecule has 0 saturated carbocycles. The number of aliphatic hydroxyl groups excluding tert-OH is 1. The van der Waals surface area contributed by atoms with E-state index in [1.807, 2.05) is 6.07 Å². The van der Waals surface area contributed by atoms with E-state index >= 15 is 0 Å². The van der Waals surface area contributed by atoms with E-state index in [0.29, 0.717) is 11.0 Å². The molecule has 2 aromatic heterocycles. The Morgan fingerprint density at radius 3 is 2.58 bits per heavy atom. The minimum absolute atomic E-state index is 0.132. The number of H-pyrrole nitrogens is 2. The van der Waals surface area contributed by atoms with Gasteiger partial charge >= 0.3 is 5.97 Å². The zero-order valence-electron chi connectivity index (χ0n) is 16.0. The molecular weight excluding hydrogens is 402 g/mol. The molecule has 0 amide bonds. The summed E-state index contributed by atoms with van der Waals surface area (Å²) in [6, 6.07) is 15.1.